The van der Waals surface area contributed by atoms with Crippen LogP contribution in [0.15, 0.2) is 42.5 Å². The molecule has 1 fully saturated rings. The maximum atomic E-state index is 12.5. The molecule has 0 unspecified atom stereocenters. The van der Waals surface area contributed by atoms with Gasteiger partial charge in [-0.2, -0.15) is 0 Å². The fourth-order valence-corrected chi connectivity index (χ4v) is 3.22. The van der Waals surface area contributed by atoms with E-state index in [1.54, 1.807) is 7.11 Å². The Kier molecular flexibility index (Phi) is 5.16. The number of hydrogen-bond acceptors (Lipinski definition) is 3. The molecule has 2 aromatic rings. The normalized spacial score (nSPS) is 14.0. The highest BCUT2D eigenvalue weighted by atomic mass is 16.5. The smallest absolute Gasteiger partial charge is 0.255 e. The molecule has 1 heterocycles. The lowest BCUT2D eigenvalue weighted by atomic mass is 10.1. The summed E-state index contributed by atoms with van der Waals surface area (Å²) in [6, 6.07) is 13.7. The average molecular weight is 324 g/mol. The Morgan fingerprint density at radius 1 is 1.17 bits per heavy atom. The lowest BCUT2D eigenvalue weighted by Crippen LogP contribution is -2.19. The molecule has 126 valence electrons. The number of rotatable bonds is 5. The minimum atomic E-state index is -0.0960. The Labute approximate surface area is 143 Å². The zero-order valence-electron chi connectivity index (χ0n) is 14.3. The van der Waals surface area contributed by atoms with Crippen molar-refractivity contribution in [3.05, 3.63) is 59.2 Å². The standard InChI is InChI=1S/C20H24N2O2/c1-15-12-18(8-9-19(15)22-10-3-4-11-22)21-20(23)17-7-5-6-16(13-17)14-24-2/h5-9,12-13H,3-4,10-11,14H2,1-2H3,(H,21,23). The maximum Gasteiger partial charge on any atom is 0.255 e. The van der Waals surface area contributed by atoms with Crippen molar-refractivity contribution in [1.29, 1.82) is 0 Å². The molecule has 0 radical (unpaired) electrons. The van der Waals surface area contributed by atoms with Crippen molar-refractivity contribution < 1.29 is 9.53 Å². The molecule has 0 bridgehead atoms. The molecular formula is C20H24N2O2. The van der Waals surface area contributed by atoms with E-state index in [0.717, 1.165) is 24.3 Å². The number of hydrogen-bond donors (Lipinski definition) is 1. The molecule has 0 aromatic heterocycles. The van der Waals surface area contributed by atoms with Crippen LogP contribution in [0.25, 0.3) is 0 Å². The number of nitrogens with one attached hydrogen (secondary N) is 1. The molecule has 0 atom stereocenters. The number of aryl methyl sites for hydroxylation is 1. The third-order valence-electron chi connectivity index (χ3n) is 4.40. The van der Waals surface area contributed by atoms with E-state index in [-0.39, 0.29) is 5.91 Å². The number of methoxy groups -OCH3 is 1. The Hall–Kier alpha value is -2.33. The topological polar surface area (TPSA) is 41.6 Å². The molecule has 1 aliphatic rings. The van der Waals surface area contributed by atoms with Gasteiger partial charge >= 0.3 is 0 Å². The van der Waals surface area contributed by atoms with Crippen molar-refractivity contribution in [3.63, 3.8) is 0 Å². The van der Waals surface area contributed by atoms with E-state index in [4.69, 9.17) is 4.74 Å². The predicted molar refractivity (Wildman–Crippen MR) is 97.7 cm³/mol. The molecule has 1 amide bonds. The number of carbonyl (C=O) groups excluding carboxylic acids is 1. The van der Waals surface area contributed by atoms with Crippen molar-refractivity contribution in [2.75, 3.05) is 30.4 Å². The van der Waals surface area contributed by atoms with Crippen LogP contribution < -0.4 is 10.2 Å². The van der Waals surface area contributed by atoms with Crippen LogP contribution in [-0.2, 0) is 11.3 Å². The highest BCUT2D eigenvalue weighted by Crippen LogP contribution is 2.27. The molecule has 0 aliphatic carbocycles. The minimum Gasteiger partial charge on any atom is -0.380 e. The van der Waals surface area contributed by atoms with E-state index in [1.807, 2.05) is 36.4 Å². The third kappa shape index (κ3) is 3.77. The van der Waals surface area contributed by atoms with Gasteiger partial charge in [0, 0.05) is 37.1 Å². The number of benzene rings is 2. The van der Waals surface area contributed by atoms with Gasteiger partial charge in [0.05, 0.1) is 6.61 Å². The number of nitrogens with zero attached hydrogens (tertiary/aromatic N) is 1. The van der Waals surface area contributed by atoms with Gasteiger partial charge in [0.2, 0.25) is 0 Å². The van der Waals surface area contributed by atoms with E-state index < -0.39 is 0 Å². The lowest BCUT2D eigenvalue weighted by Gasteiger charge is -2.20. The second-order valence-electron chi connectivity index (χ2n) is 6.28. The second kappa shape index (κ2) is 7.49. The molecule has 1 aliphatic heterocycles. The summed E-state index contributed by atoms with van der Waals surface area (Å²) in [6.07, 6.45) is 2.52. The summed E-state index contributed by atoms with van der Waals surface area (Å²) in [5, 5.41) is 2.99. The molecule has 0 spiro atoms. The minimum absolute atomic E-state index is 0.0960. The summed E-state index contributed by atoms with van der Waals surface area (Å²) in [6.45, 7) is 4.85. The second-order valence-corrected chi connectivity index (χ2v) is 6.28. The fraction of sp³-hybridized carbons (Fsp3) is 0.350. The average Bonchev–Trinajstić information content (AvgIpc) is 3.10. The Morgan fingerprint density at radius 2 is 1.96 bits per heavy atom. The van der Waals surface area contributed by atoms with Gasteiger partial charge in [0.1, 0.15) is 0 Å². The van der Waals surface area contributed by atoms with Crippen LogP contribution in [0.1, 0.15) is 34.3 Å². The van der Waals surface area contributed by atoms with Crippen LogP contribution in [0, 0.1) is 6.92 Å². The van der Waals surface area contributed by atoms with E-state index in [0.29, 0.717) is 12.2 Å². The Morgan fingerprint density at radius 3 is 2.67 bits per heavy atom. The number of amides is 1. The summed E-state index contributed by atoms with van der Waals surface area (Å²) < 4.78 is 5.12. The lowest BCUT2D eigenvalue weighted by molar-refractivity contribution is 0.102. The van der Waals surface area contributed by atoms with Crippen LogP contribution in [0.4, 0.5) is 11.4 Å². The third-order valence-corrected chi connectivity index (χ3v) is 4.40. The molecule has 24 heavy (non-hydrogen) atoms. The van der Waals surface area contributed by atoms with Crippen LogP contribution >= 0.6 is 0 Å². The van der Waals surface area contributed by atoms with Crippen molar-refractivity contribution in [1.82, 2.24) is 0 Å². The van der Waals surface area contributed by atoms with E-state index >= 15 is 0 Å². The summed E-state index contributed by atoms with van der Waals surface area (Å²) in [4.78, 5) is 14.9. The fourth-order valence-electron chi connectivity index (χ4n) is 3.22. The SMILES string of the molecule is COCc1cccc(C(=O)Nc2ccc(N3CCCC3)c(C)c2)c1. The largest absolute Gasteiger partial charge is 0.380 e. The number of carbonyl (C=O) groups is 1. The number of anilines is 2. The van der Waals surface area contributed by atoms with Crippen molar-refractivity contribution >= 4 is 17.3 Å². The summed E-state index contributed by atoms with van der Waals surface area (Å²) in [5.74, 6) is -0.0960. The monoisotopic (exact) mass is 324 g/mol. The van der Waals surface area contributed by atoms with Gasteiger partial charge in [0.15, 0.2) is 0 Å². The first kappa shape index (κ1) is 16.5. The Balaban J connectivity index is 1.72. The highest BCUT2D eigenvalue weighted by Gasteiger charge is 2.15. The summed E-state index contributed by atoms with van der Waals surface area (Å²) in [7, 11) is 1.65. The van der Waals surface area contributed by atoms with Crippen LogP contribution in [0.2, 0.25) is 0 Å². The van der Waals surface area contributed by atoms with Gasteiger partial charge in [-0.3, -0.25) is 4.79 Å². The van der Waals surface area contributed by atoms with E-state index in [9.17, 15) is 4.79 Å². The maximum absolute atomic E-state index is 12.5. The van der Waals surface area contributed by atoms with Gasteiger partial charge in [0.25, 0.3) is 5.91 Å². The molecule has 1 saturated heterocycles. The summed E-state index contributed by atoms with van der Waals surface area (Å²) >= 11 is 0. The molecule has 4 nitrogen and oxygen atoms in total. The molecule has 4 heteroatoms. The highest BCUT2D eigenvalue weighted by molar-refractivity contribution is 6.04. The number of ether oxygens (including phenoxy) is 1. The first-order valence-electron chi connectivity index (χ1n) is 8.42. The van der Waals surface area contributed by atoms with Crippen molar-refractivity contribution in [2.24, 2.45) is 0 Å². The van der Waals surface area contributed by atoms with Crippen LogP contribution in [-0.4, -0.2) is 26.1 Å². The van der Waals surface area contributed by atoms with Gasteiger partial charge in [-0.15, -0.1) is 0 Å². The van der Waals surface area contributed by atoms with E-state index in [1.165, 1.54) is 24.1 Å². The molecule has 2 aromatic carbocycles. The van der Waals surface area contributed by atoms with Crippen molar-refractivity contribution in [2.45, 2.75) is 26.4 Å². The van der Waals surface area contributed by atoms with Crippen LogP contribution in [0.5, 0.6) is 0 Å². The first-order chi connectivity index (χ1) is 11.7. The molecule has 3 rings (SSSR count). The predicted octanol–water partition coefficient (Wildman–Crippen LogP) is 3.99. The van der Waals surface area contributed by atoms with Gasteiger partial charge in [-0.1, -0.05) is 12.1 Å². The zero-order chi connectivity index (χ0) is 16.9. The zero-order valence-corrected chi connectivity index (χ0v) is 14.3. The van der Waals surface area contributed by atoms with Crippen LogP contribution in [0.3, 0.4) is 0 Å². The molecule has 1 N–H and O–H groups in total. The van der Waals surface area contributed by atoms with Gasteiger partial charge in [-0.05, 0) is 61.2 Å². The molecular weight excluding hydrogens is 300 g/mol. The van der Waals surface area contributed by atoms with E-state index in [2.05, 4.69) is 23.2 Å². The van der Waals surface area contributed by atoms with Crippen molar-refractivity contribution in [3.8, 4) is 0 Å². The molecule has 0 saturated carbocycles. The van der Waals surface area contributed by atoms with Gasteiger partial charge < -0.3 is 15.0 Å². The first-order valence-corrected chi connectivity index (χ1v) is 8.42. The quantitative estimate of drug-likeness (QED) is 0.904. The van der Waals surface area contributed by atoms with Gasteiger partial charge in [-0.25, -0.2) is 0 Å². The summed E-state index contributed by atoms with van der Waals surface area (Å²) in [5.41, 5.74) is 4.93. The Bertz CT molecular complexity index is 721.